The van der Waals surface area contributed by atoms with Crippen LogP contribution >= 0.6 is 0 Å². The normalized spacial score (nSPS) is 12.9. The standard InChI is InChI=1S/C21H23N3O3/c1-13(2)22-20(26)11-14-3-7-17(8-4-14)23-21(27)16-5-9-18-15(12-16)6-10-19(25)24-18/h3-5,7-9,12-13H,6,10-11H2,1-2H3,(H,22,26)(H,23,27)(H,24,25). The predicted octanol–water partition coefficient (Wildman–Crippen LogP) is 2.89. The maximum absolute atomic E-state index is 12.5. The quantitative estimate of drug-likeness (QED) is 0.761. The van der Waals surface area contributed by atoms with Crippen LogP contribution in [0.1, 0.15) is 41.8 Å². The molecule has 1 aliphatic heterocycles. The summed E-state index contributed by atoms with van der Waals surface area (Å²) < 4.78 is 0. The largest absolute Gasteiger partial charge is 0.354 e. The molecule has 1 aliphatic rings. The van der Waals surface area contributed by atoms with Gasteiger partial charge in [0.1, 0.15) is 0 Å². The van der Waals surface area contributed by atoms with E-state index in [9.17, 15) is 14.4 Å². The summed E-state index contributed by atoms with van der Waals surface area (Å²) >= 11 is 0. The molecule has 3 rings (SSSR count). The fraction of sp³-hybridized carbons (Fsp3) is 0.286. The molecule has 2 aromatic rings. The van der Waals surface area contributed by atoms with Gasteiger partial charge < -0.3 is 16.0 Å². The van der Waals surface area contributed by atoms with E-state index in [1.54, 1.807) is 24.3 Å². The molecule has 0 aromatic heterocycles. The Kier molecular flexibility index (Phi) is 5.54. The molecule has 0 saturated heterocycles. The van der Waals surface area contributed by atoms with Crippen LogP contribution in [-0.4, -0.2) is 23.8 Å². The summed E-state index contributed by atoms with van der Waals surface area (Å²) in [6, 6.07) is 12.6. The Morgan fingerprint density at radius 3 is 2.52 bits per heavy atom. The molecule has 27 heavy (non-hydrogen) atoms. The van der Waals surface area contributed by atoms with E-state index in [1.807, 2.05) is 32.0 Å². The number of fused-ring (bicyclic) bond motifs is 1. The number of carbonyl (C=O) groups is 3. The van der Waals surface area contributed by atoms with E-state index in [-0.39, 0.29) is 23.8 Å². The second kappa shape index (κ2) is 8.03. The third-order valence-electron chi connectivity index (χ3n) is 4.29. The fourth-order valence-electron chi connectivity index (χ4n) is 2.99. The van der Waals surface area contributed by atoms with Crippen LogP contribution in [0.2, 0.25) is 0 Å². The van der Waals surface area contributed by atoms with E-state index in [0.717, 1.165) is 16.8 Å². The zero-order valence-electron chi connectivity index (χ0n) is 15.5. The number of aryl methyl sites for hydroxylation is 1. The van der Waals surface area contributed by atoms with Crippen molar-refractivity contribution in [1.82, 2.24) is 5.32 Å². The summed E-state index contributed by atoms with van der Waals surface area (Å²) in [4.78, 5) is 35.7. The van der Waals surface area contributed by atoms with E-state index in [1.165, 1.54) is 0 Å². The first-order valence-electron chi connectivity index (χ1n) is 9.03. The molecule has 0 aliphatic carbocycles. The summed E-state index contributed by atoms with van der Waals surface area (Å²) in [7, 11) is 0. The highest BCUT2D eigenvalue weighted by Gasteiger charge is 2.16. The minimum Gasteiger partial charge on any atom is -0.354 e. The number of hydrogen-bond donors (Lipinski definition) is 3. The first kappa shape index (κ1) is 18.6. The molecule has 2 aromatic carbocycles. The molecule has 140 valence electrons. The zero-order chi connectivity index (χ0) is 19.4. The molecule has 6 nitrogen and oxygen atoms in total. The molecular weight excluding hydrogens is 342 g/mol. The molecule has 0 saturated carbocycles. The summed E-state index contributed by atoms with van der Waals surface area (Å²) in [6.07, 6.45) is 1.38. The van der Waals surface area contributed by atoms with Gasteiger partial charge in [0.25, 0.3) is 5.91 Å². The van der Waals surface area contributed by atoms with Crippen LogP contribution < -0.4 is 16.0 Å². The molecule has 1 heterocycles. The van der Waals surface area contributed by atoms with Crippen molar-refractivity contribution in [1.29, 1.82) is 0 Å². The fourth-order valence-corrected chi connectivity index (χ4v) is 2.99. The lowest BCUT2D eigenvalue weighted by Gasteiger charge is -2.17. The third kappa shape index (κ3) is 4.94. The van der Waals surface area contributed by atoms with Crippen LogP contribution in [0.15, 0.2) is 42.5 Å². The number of amides is 3. The minimum absolute atomic E-state index is 0.00173. The molecule has 0 fully saturated rings. The van der Waals surface area contributed by atoms with Gasteiger partial charge in [-0.1, -0.05) is 12.1 Å². The van der Waals surface area contributed by atoms with E-state index in [4.69, 9.17) is 0 Å². The summed E-state index contributed by atoms with van der Waals surface area (Å²) in [6.45, 7) is 3.84. The van der Waals surface area contributed by atoms with Gasteiger partial charge in [-0.15, -0.1) is 0 Å². The lowest BCUT2D eigenvalue weighted by molar-refractivity contribution is -0.121. The number of benzene rings is 2. The Labute approximate surface area is 158 Å². The van der Waals surface area contributed by atoms with Gasteiger partial charge in [-0.05, 0) is 61.7 Å². The van der Waals surface area contributed by atoms with Gasteiger partial charge in [0, 0.05) is 29.4 Å². The topological polar surface area (TPSA) is 87.3 Å². The predicted molar refractivity (Wildman–Crippen MR) is 105 cm³/mol. The summed E-state index contributed by atoms with van der Waals surface area (Å²) in [5, 5.41) is 8.52. The summed E-state index contributed by atoms with van der Waals surface area (Å²) in [5.74, 6) is -0.232. The monoisotopic (exact) mass is 365 g/mol. The lowest BCUT2D eigenvalue weighted by Crippen LogP contribution is -2.31. The molecule has 0 unspecified atom stereocenters. The smallest absolute Gasteiger partial charge is 0.255 e. The maximum atomic E-state index is 12.5. The Hall–Kier alpha value is -3.15. The van der Waals surface area contributed by atoms with Gasteiger partial charge in [0.15, 0.2) is 0 Å². The van der Waals surface area contributed by atoms with Crippen LogP contribution in [0.4, 0.5) is 11.4 Å². The van der Waals surface area contributed by atoms with Crippen molar-refractivity contribution in [2.24, 2.45) is 0 Å². The molecule has 0 radical (unpaired) electrons. The number of carbonyl (C=O) groups excluding carboxylic acids is 3. The second-order valence-corrected chi connectivity index (χ2v) is 6.97. The average Bonchev–Trinajstić information content (AvgIpc) is 2.62. The van der Waals surface area contributed by atoms with Gasteiger partial charge >= 0.3 is 0 Å². The Morgan fingerprint density at radius 1 is 1.07 bits per heavy atom. The minimum atomic E-state index is -0.208. The van der Waals surface area contributed by atoms with Crippen molar-refractivity contribution in [3.8, 4) is 0 Å². The zero-order valence-corrected chi connectivity index (χ0v) is 15.5. The Balaban J connectivity index is 1.63. The summed E-state index contributed by atoms with van der Waals surface area (Å²) in [5.41, 5.74) is 3.83. The van der Waals surface area contributed by atoms with Gasteiger partial charge in [-0.2, -0.15) is 0 Å². The second-order valence-electron chi connectivity index (χ2n) is 6.97. The number of hydrogen-bond acceptors (Lipinski definition) is 3. The molecule has 3 amide bonds. The van der Waals surface area contributed by atoms with Crippen molar-refractivity contribution in [3.05, 3.63) is 59.2 Å². The van der Waals surface area contributed by atoms with E-state index in [0.29, 0.717) is 30.5 Å². The number of rotatable bonds is 5. The van der Waals surface area contributed by atoms with Gasteiger partial charge in [0.2, 0.25) is 11.8 Å². The van der Waals surface area contributed by atoms with Crippen molar-refractivity contribution in [2.75, 3.05) is 10.6 Å². The highest BCUT2D eigenvalue weighted by Crippen LogP contribution is 2.24. The molecule has 0 spiro atoms. The van der Waals surface area contributed by atoms with Gasteiger partial charge in [-0.25, -0.2) is 0 Å². The number of anilines is 2. The van der Waals surface area contributed by atoms with E-state index < -0.39 is 0 Å². The Morgan fingerprint density at radius 2 is 1.81 bits per heavy atom. The molecule has 3 N–H and O–H groups in total. The van der Waals surface area contributed by atoms with Crippen LogP contribution in [0.3, 0.4) is 0 Å². The lowest BCUT2D eigenvalue weighted by atomic mass is 10.00. The number of nitrogens with one attached hydrogen (secondary N) is 3. The van der Waals surface area contributed by atoms with Crippen LogP contribution in [-0.2, 0) is 22.4 Å². The highest BCUT2D eigenvalue weighted by atomic mass is 16.2. The average molecular weight is 365 g/mol. The molecular formula is C21H23N3O3. The van der Waals surface area contributed by atoms with E-state index >= 15 is 0 Å². The van der Waals surface area contributed by atoms with Crippen LogP contribution in [0, 0.1) is 0 Å². The Bertz CT molecular complexity index is 873. The third-order valence-corrected chi connectivity index (χ3v) is 4.29. The van der Waals surface area contributed by atoms with Crippen molar-refractivity contribution < 1.29 is 14.4 Å². The van der Waals surface area contributed by atoms with Crippen LogP contribution in [0.25, 0.3) is 0 Å². The van der Waals surface area contributed by atoms with Crippen molar-refractivity contribution in [3.63, 3.8) is 0 Å². The maximum Gasteiger partial charge on any atom is 0.255 e. The molecule has 0 bridgehead atoms. The first-order valence-corrected chi connectivity index (χ1v) is 9.03. The van der Waals surface area contributed by atoms with Crippen molar-refractivity contribution in [2.45, 2.75) is 39.2 Å². The SMILES string of the molecule is CC(C)NC(=O)Cc1ccc(NC(=O)c2ccc3c(c2)CCC(=O)N3)cc1. The highest BCUT2D eigenvalue weighted by molar-refractivity contribution is 6.05. The van der Waals surface area contributed by atoms with E-state index in [2.05, 4.69) is 16.0 Å². The van der Waals surface area contributed by atoms with Crippen LogP contribution in [0.5, 0.6) is 0 Å². The van der Waals surface area contributed by atoms with Gasteiger partial charge in [-0.3, -0.25) is 14.4 Å². The van der Waals surface area contributed by atoms with Gasteiger partial charge in [0.05, 0.1) is 6.42 Å². The molecule has 6 heteroatoms. The first-order chi connectivity index (χ1) is 12.9. The van der Waals surface area contributed by atoms with Crippen molar-refractivity contribution >= 4 is 29.1 Å². The molecule has 0 atom stereocenters.